The predicted octanol–water partition coefficient (Wildman–Crippen LogP) is 0.200. The highest BCUT2D eigenvalue weighted by molar-refractivity contribution is 5.00. The van der Waals surface area contributed by atoms with Gasteiger partial charge in [0.15, 0.2) is 0 Å². The second-order valence-electron chi connectivity index (χ2n) is 3.95. The van der Waals surface area contributed by atoms with E-state index in [1.165, 1.54) is 0 Å². The summed E-state index contributed by atoms with van der Waals surface area (Å²) in [6.07, 6.45) is 3.81. The first-order valence-corrected chi connectivity index (χ1v) is 5.69. The largest absolute Gasteiger partial charge is 0.334 e. The molecule has 0 amide bonds. The number of nitriles is 1. The number of piperazine rings is 1. The molecule has 1 saturated heterocycles. The van der Waals surface area contributed by atoms with Crippen LogP contribution in [0.15, 0.2) is 12.4 Å². The van der Waals surface area contributed by atoms with Crippen LogP contribution in [0.4, 0.5) is 0 Å². The van der Waals surface area contributed by atoms with E-state index in [4.69, 9.17) is 5.26 Å². The summed E-state index contributed by atoms with van der Waals surface area (Å²) in [6.45, 7) is 6.41. The van der Waals surface area contributed by atoms with Crippen LogP contribution in [0.3, 0.4) is 0 Å². The number of aryl methyl sites for hydroxylation is 1. The van der Waals surface area contributed by atoms with Gasteiger partial charge in [0, 0.05) is 38.6 Å². The van der Waals surface area contributed by atoms with E-state index in [-0.39, 0.29) is 6.04 Å². The molecule has 2 rings (SSSR count). The van der Waals surface area contributed by atoms with Crippen LogP contribution in [0, 0.1) is 11.3 Å². The summed E-state index contributed by atoms with van der Waals surface area (Å²) in [4.78, 5) is 6.53. The second-order valence-corrected chi connectivity index (χ2v) is 3.95. The molecule has 0 saturated carbocycles. The normalized spacial score (nSPS) is 21.9. The van der Waals surface area contributed by atoms with Gasteiger partial charge in [0.05, 0.1) is 12.6 Å². The summed E-state index contributed by atoms with van der Waals surface area (Å²) in [7, 11) is 0. The van der Waals surface area contributed by atoms with E-state index in [2.05, 4.69) is 32.8 Å². The first kappa shape index (κ1) is 11.1. The third-order valence-corrected chi connectivity index (χ3v) is 2.99. The zero-order valence-corrected chi connectivity index (χ0v) is 9.56. The van der Waals surface area contributed by atoms with Gasteiger partial charge in [-0.3, -0.25) is 4.90 Å². The van der Waals surface area contributed by atoms with Crippen molar-refractivity contribution in [1.29, 1.82) is 5.26 Å². The van der Waals surface area contributed by atoms with Crippen molar-refractivity contribution >= 4 is 0 Å². The highest BCUT2D eigenvalue weighted by Crippen LogP contribution is 2.08. The first-order chi connectivity index (χ1) is 7.85. The molecule has 5 heteroatoms. The molecule has 0 radical (unpaired) electrons. The Hall–Kier alpha value is -1.38. The summed E-state index contributed by atoms with van der Waals surface area (Å²) in [5.41, 5.74) is 0. The Morgan fingerprint density at radius 1 is 1.69 bits per heavy atom. The molecule has 1 atom stereocenters. The first-order valence-electron chi connectivity index (χ1n) is 5.69. The van der Waals surface area contributed by atoms with Gasteiger partial charge in [-0.05, 0) is 6.92 Å². The molecule has 1 aliphatic heterocycles. The van der Waals surface area contributed by atoms with E-state index < -0.39 is 0 Å². The summed E-state index contributed by atoms with van der Waals surface area (Å²) in [5.74, 6) is 1.05. The van der Waals surface area contributed by atoms with Gasteiger partial charge in [-0.1, -0.05) is 0 Å². The molecule has 16 heavy (non-hydrogen) atoms. The zero-order valence-electron chi connectivity index (χ0n) is 9.56. The average Bonchev–Trinajstić information content (AvgIpc) is 2.77. The van der Waals surface area contributed by atoms with Crippen LogP contribution in [-0.4, -0.2) is 40.1 Å². The maximum Gasteiger partial charge on any atom is 0.122 e. The van der Waals surface area contributed by atoms with Gasteiger partial charge < -0.3 is 9.88 Å². The molecule has 0 spiro atoms. The van der Waals surface area contributed by atoms with Crippen molar-refractivity contribution in [3.05, 3.63) is 18.2 Å². The molecule has 1 aliphatic rings. The van der Waals surface area contributed by atoms with Crippen LogP contribution in [0.2, 0.25) is 0 Å². The quantitative estimate of drug-likeness (QED) is 0.789. The summed E-state index contributed by atoms with van der Waals surface area (Å²) in [6, 6.07) is 2.30. The fourth-order valence-corrected chi connectivity index (χ4v) is 2.02. The molecule has 0 aliphatic carbocycles. The minimum Gasteiger partial charge on any atom is -0.334 e. The lowest BCUT2D eigenvalue weighted by Crippen LogP contribution is -2.50. The van der Waals surface area contributed by atoms with Gasteiger partial charge in [0.25, 0.3) is 0 Å². The second kappa shape index (κ2) is 5.10. The minimum atomic E-state index is -0.0317. The fourth-order valence-electron chi connectivity index (χ4n) is 2.02. The average molecular weight is 219 g/mol. The molecule has 1 unspecified atom stereocenters. The van der Waals surface area contributed by atoms with Crippen molar-refractivity contribution in [1.82, 2.24) is 19.8 Å². The van der Waals surface area contributed by atoms with Crippen molar-refractivity contribution < 1.29 is 0 Å². The molecule has 1 aromatic rings. The van der Waals surface area contributed by atoms with Crippen LogP contribution in [0.25, 0.3) is 0 Å². The summed E-state index contributed by atoms with van der Waals surface area (Å²) < 4.78 is 2.12. The highest BCUT2D eigenvalue weighted by atomic mass is 15.2. The lowest BCUT2D eigenvalue weighted by atomic mass is 10.2. The van der Waals surface area contributed by atoms with Crippen molar-refractivity contribution in [2.45, 2.75) is 26.1 Å². The smallest absolute Gasteiger partial charge is 0.122 e. The zero-order chi connectivity index (χ0) is 11.4. The molecular weight excluding hydrogens is 202 g/mol. The fraction of sp³-hybridized carbons (Fsp3) is 0.636. The monoisotopic (exact) mass is 219 g/mol. The number of nitrogens with zero attached hydrogens (tertiary/aromatic N) is 4. The summed E-state index contributed by atoms with van der Waals surface area (Å²) >= 11 is 0. The lowest BCUT2D eigenvalue weighted by molar-refractivity contribution is 0.183. The van der Waals surface area contributed by atoms with E-state index in [0.717, 1.165) is 38.5 Å². The highest BCUT2D eigenvalue weighted by Gasteiger charge is 2.22. The van der Waals surface area contributed by atoms with Crippen molar-refractivity contribution in [3.63, 3.8) is 0 Å². The molecule has 1 fully saturated rings. The molecular formula is C11H17N5. The summed E-state index contributed by atoms with van der Waals surface area (Å²) in [5, 5.41) is 12.3. The van der Waals surface area contributed by atoms with Gasteiger partial charge in [-0.15, -0.1) is 0 Å². The molecule has 2 heterocycles. The Balaban J connectivity index is 2.05. The van der Waals surface area contributed by atoms with E-state index >= 15 is 0 Å². The van der Waals surface area contributed by atoms with E-state index in [1.807, 2.05) is 12.4 Å². The lowest BCUT2D eigenvalue weighted by Gasteiger charge is -2.31. The van der Waals surface area contributed by atoms with Crippen LogP contribution in [0.1, 0.15) is 12.7 Å². The van der Waals surface area contributed by atoms with Crippen LogP contribution >= 0.6 is 0 Å². The molecule has 0 bridgehead atoms. The van der Waals surface area contributed by atoms with Crippen molar-refractivity contribution in [3.8, 4) is 6.07 Å². The third-order valence-electron chi connectivity index (χ3n) is 2.99. The van der Waals surface area contributed by atoms with E-state index in [9.17, 15) is 0 Å². The standard InChI is InChI=1S/C11H17N5/c1-2-15-6-4-14-11(15)9-16-5-3-13-8-10(16)7-12/h4,6,10,13H,2-3,5,8-9H2,1H3. The molecule has 1 N–H and O–H groups in total. The number of nitrogens with one attached hydrogen (secondary N) is 1. The minimum absolute atomic E-state index is 0.0317. The van der Waals surface area contributed by atoms with Gasteiger partial charge in [-0.25, -0.2) is 4.98 Å². The third kappa shape index (κ3) is 2.23. The van der Waals surface area contributed by atoms with Crippen LogP contribution in [0.5, 0.6) is 0 Å². The van der Waals surface area contributed by atoms with E-state index in [0.29, 0.717) is 0 Å². The topological polar surface area (TPSA) is 56.9 Å². The van der Waals surface area contributed by atoms with Gasteiger partial charge in [0.2, 0.25) is 0 Å². The number of hydrogen-bond donors (Lipinski definition) is 1. The molecule has 86 valence electrons. The molecule has 0 aromatic carbocycles. The van der Waals surface area contributed by atoms with Gasteiger partial charge >= 0.3 is 0 Å². The number of aromatic nitrogens is 2. The van der Waals surface area contributed by atoms with Crippen LogP contribution < -0.4 is 5.32 Å². The Labute approximate surface area is 95.7 Å². The Kier molecular flexibility index (Phi) is 3.54. The van der Waals surface area contributed by atoms with Crippen LogP contribution in [-0.2, 0) is 13.1 Å². The maximum absolute atomic E-state index is 9.06. The maximum atomic E-state index is 9.06. The Morgan fingerprint density at radius 2 is 2.56 bits per heavy atom. The number of hydrogen-bond acceptors (Lipinski definition) is 4. The van der Waals surface area contributed by atoms with Crippen molar-refractivity contribution in [2.24, 2.45) is 0 Å². The Morgan fingerprint density at radius 3 is 3.31 bits per heavy atom. The number of imidazole rings is 1. The SMILES string of the molecule is CCn1ccnc1CN1CCNCC1C#N. The van der Waals surface area contributed by atoms with E-state index in [1.54, 1.807) is 0 Å². The predicted molar refractivity (Wildman–Crippen MR) is 60.6 cm³/mol. The van der Waals surface area contributed by atoms with Crippen molar-refractivity contribution in [2.75, 3.05) is 19.6 Å². The molecule has 5 nitrogen and oxygen atoms in total. The molecule has 1 aromatic heterocycles. The van der Waals surface area contributed by atoms with Gasteiger partial charge in [0.1, 0.15) is 11.9 Å². The van der Waals surface area contributed by atoms with Gasteiger partial charge in [-0.2, -0.15) is 5.26 Å². The Bertz CT molecular complexity index is 378. The number of rotatable bonds is 3.